The van der Waals surface area contributed by atoms with Crippen LogP contribution in [0.25, 0.3) is 0 Å². The Balaban J connectivity index is 1.97. The van der Waals surface area contributed by atoms with Crippen molar-refractivity contribution in [1.82, 2.24) is 4.90 Å². The zero-order valence-corrected chi connectivity index (χ0v) is 15.3. The largest absolute Gasteiger partial charge is 0.497 e. The van der Waals surface area contributed by atoms with E-state index in [1.165, 1.54) is 12.7 Å². The van der Waals surface area contributed by atoms with Gasteiger partial charge >= 0.3 is 5.97 Å². The first-order valence-corrected chi connectivity index (χ1v) is 8.82. The highest BCUT2D eigenvalue weighted by Crippen LogP contribution is 2.43. The molecule has 0 bridgehead atoms. The van der Waals surface area contributed by atoms with E-state index >= 15 is 0 Å². The number of carbonyl (C=O) groups excluding carboxylic acids is 1. The van der Waals surface area contributed by atoms with Crippen LogP contribution in [0.15, 0.2) is 67.3 Å². The van der Waals surface area contributed by atoms with E-state index in [9.17, 15) is 4.79 Å². The molecule has 1 fully saturated rings. The quantitative estimate of drug-likeness (QED) is 0.583. The Bertz CT molecular complexity index is 742. The van der Waals surface area contributed by atoms with E-state index in [1.807, 2.05) is 36.4 Å². The summed E-state index contributed by atoms with van der Waals surface area (Å²) in [6, 6.07) is 18.1. The SMILES string of the molecule is C=C[C@@H]1C[C@H](C(=O)OC)N(Cc2ccccc2)[C@H]1c1ccc(OC)cc1. The molecule has 1 heterocycles. The molecule has 0 saturated carbocycles. The molecule has 3 atom stereocenters. The minimum Gasteiger partial charge on any atom is -0.497 e. The van der Waals surface area contributed by atoms with E-state index < -0.39 is 0 Å². The van der Waals surface area contributed by atoms with E-state index in [2.05, 4.69) is 35.7 Å². The number of rotatable bonds is 6. The van der Waals surface area contributed by atoms with E-state index in [4.69, 9.17) is 9.47 Å². The second-order valence-electron chi connectivity index (χ2n) is 6.55. The average Bonchev–Trinajstić information content (AvgIpc) is 3.06. The molecule has 1 saturated heterocycles. The Morgan fingerprint density at radius 2 is 1.85 bits per heavy atom. The van der Waals surface area contributed by atoms with Crippen molar-refractivity contribution in [3.05, 3.63) is 78.4 Å². The van der Waals surface area contributed by atoms with E-state index in [1.54, 1.807) is 7.11 Å². The van der Waals surface area contributed by atoms with Crippen molar-refractivity contribution < 1.29 is 14.3 Å². The van der Waals surface area contributed by atoms with Gasteiger partial charge in [-0.1, -0.05) is 48.5 Å². The first-order valence-electron chi connectivity index (χ1n) is 8.82. The van der Waals surface area contributed by atoms with E-state index in [0.717, 1.165) is 11.3 Å². The maximum absolute atomic E-state index is 12.4. The van der Waals surface area contributed by atoms with Gasteiger partial charge in [0.15, 0.2) is 0 Å². The Labute approximate surface area is 155 Å². The van der Waals surface area contributed by atoms with Gasteiger partial charge in [0.2, 0.25) is 0 Å². The van der Waals surface area contributed by atoms with Crippen LogP contribution in [-0.2, 0) is 16.1 Å². The summed E-state index contributed by atoms with van der Waals surface area (Å²) >= 11 is 0. The predicted octanol–water partition coefficient (Wildman–Crippen LogP) is 3.99. The number of esters is 1. The third kappa shape index (κ3) is 3.65. The summed E-state index contributed by atoms with van der Waals surface area (Å²) in [7, 11) is 3.11. The molecule has 26 heavy (non-hydrogen) atoms. The highest BCUT2D eigenvalue weighted by Gasteiger charge is 2.44. The van der Waals surface area contributed by atoms with Crippen LogP contribution < -0.4 is 4.74 Å². The lowest BCUT2D eigenvalue weighted by molar-refractivity contribution is -0.146. The standard InChI is InChI=1S/C22H25NO3/c1-4-17-14-20(22(24)26-3)23(15-16-8-6-5-7-9-16)21(17)18-10-12-19(25-2)13-11-18/h4-13,17,20-21H,1,14-15H2,2-3H3/t17-,20-,21-/m1/s1. The second kappa shape index (κ2) is 8.19. The van der Waals surface area contributed by atoms with Crippen molar-refractivity contribution >= 4 is 5.97 Å². The van der Waals surface area contributed by atoms with E-state index in [0.29, 0.717) is 13.0 Å². The average molecular weight is 351 g/mol. The normalized spacial score (nSPS) is 22.8. The first kappa shape index (κ1) is 18.2. The predicted molar refractivity (Wildman–Crippen MR) is 102 cm³/mol. The fraction of sp³-hybridized carbons (Fsp3) is 0.318. The molecule has 1 aliphatic heterocycles. The topological polar surface area (TPSA) is 38.8 Å². The van der Waals surface area contributed by atoms with Crippen molar-refractivity contribution in [3.8, 4) is 5.75 Å². The van der Waals surface area contributed by atoms with Crippen LogP contribution in [0.4, 0.5) is 0 Å². The molecular formula is C22H25NO3. The van der Waals surface area contributed by atoms with Gasteiger partial charge < -0.3 is 9.47 Å². The molecule has 0 radical (unpaired) electrons. The summed E-state index contributed by atoms with van der Waals surface area (Å²) in [5.41, 5.74) is 2.32. The number of ether oxygens (including phenoxy) is 2. The van der Waals surface area contributed by atoms with Crippen LogP contribution in [0.2, 0.25) is 0 Å². The molecule has 1 aliphatic rings. The van der Waals surface area contributed by atoms with Crippen molar-refractivity contribution in [2.45, 2.75) is 25.0 Å². The van der Waals surface area contributed by atoms with Crippen LogP contribution in [0.3, 0.4) is 0 Å². The number of nitrogens with zero attached hydrogens (tertiary/aromatic N) is 1. The van der Waals surface area contributed by atoms with Gasteiger partial charge in [-0.05, 0) is 35.6 Å². The van der Waals surface area contributed by atoms with Gasteiger partial charge in [-0.25, -0.2) is 0 Å². The van der Waals surface area contributed by atoms with Gasteiger partial charge in [-0.3, -0.25) is 9.69 Å². The summed E-state index contributed by atoms with van der Waals surface area (Å²) in [6.45, 7) is 4.69. The molecule has 4 nitrogen and oxygen atoms in total. The lowest BCUT2D eigenvalue weighted by Gasteiger charge is -2.30. The highest BCUT2D eigenvalue weighted by atomic mass is 16.5. The first-order chi connectivity index (χ1) is 12.7. The zero-order chi connectivity index (χ0) is 18.5. The zero-order valence-electron chi connectivity index (χ0n) is 15.3. The molecule has 4 heteroatoms. The molecule has 2 aromatic rings. The summed E-state index contributed by atoms with van der Waals surface area (Å²) in [5, 5.41) is 0. The smallest absolute Gasteiger partial charge is 0.323 e. The molecule has 0 aliphatic carbocycles. The van der Waals surface area contributed by atoms with Gasteiger partial charge in [-0.15, -0.1) is 6.58 Å². The number of hydrogen-bond acceptors (Lipinski definition) is 4. The number of carbonyl (C=O) groups is 1. The second-order valence-corrected chi connectivity index (χ2v) is 6.55. The third-order valence-corrected chi connectivity index (χ3v) is 5.10. The molecule has 0 spiro atoms. The summed E-state index contributed by atoms with van der Waals surface area (Å²) in [4.78, 5) is 14.7. The van der Waals surface area contributed by atoms with Gasteiger partial charge in [0.1, 0.15) is 11.8 Å². The van der Waals surface area contributed by atoms with Crippen LogP contribution >= 0.6 is 0 Å². The lowest BCUT2D eigenvalue weighted by atomic mass is 9.93. The van der Waals surface area contributed by atoms with Crippen molar-refractivity contribution in [3.63, 3.8) is 0 Å². The van der Waals surface area contributed by atoms with Crippen molar-refractivity contribution in [2.24, 2.45) is 5.92 Å². The third-order valence-electron chi connectivity index (χ3n) is 5.10. The molecule has 0 N–H and O–H groups in total. The summed E-state index contributed by atoms with van der Waals surface area (Å²) in [5.74, 6) is 0.807. The molecule has 0 unspecified atom stereocenters. The van der Waals surface area contributed by atoms with Gasteiger partial charge in [0, 0.05) is 12.6 Å². The number of likely N-dealkylation sites (tertiary alicyclic amines) is 1. The Kier molecular flexibility index (Phi) is 5.74. The Morgan fingerprint density at radius 3 is 2.42 bits per heavy atom. The van der Waals surface area contributed by atoms with Crippen molar-refractivity contribution in [1.29, 1.82) is 0 Å². The van der Waals surface area contributed by atoms with Crippen LogP contribution in [-0.4, -0.2) is 31.1 Å². The highest BCUT2D eigenvalue weighted by molar-refractivity contribution is 5.76. The number of methoxy groups -OCH3 is 2. The molecule has 3 rings (SSSR count). The summed E-state index contributed by atoms with van der Waals surface area (Å²) in [6.07, 6.45) is 2.66. The van der Waals surface area contributed by atoms with Gasteiger partial charge in [0.25, 0.3) is 0 Å². The molecular weight excluding hydrogens is 326 g/mol. The fourth-order valence-electron chi connectivity index (χ4n) is 3.80. The maximum Gasteiger partial charge on any atom is 0.323 e. The Hall–Kier alpha value is -2.59. The molecule has 2 aromatic carbocycles. The molecule has 0 aromatic heterocycles. The minimum atomic E-state index is -0.282. The van der Waals surface area contributed by atoms with Gasteiger partial charge in [-0.2, -0.15) is 0 Å². The van der Waals surface area contributed by atoms with Crippen LogP contribution in [0.5, 0.6) is 5.75 Å². The fourth-order valence-corrected chi connectivity index (χ4v) is 3.80. The maximum atomic E-state index is 12.4. The summed E-state index contributed by atoms with van der Waals surface area (Å²) < 4.78 is 10.4. The van der Waals surface area contributed by atoms with Crippen LogP contribution in [0.1, 0.15) is 23.6 Å². The Morgan fingerprint density at radius 1 is 1.15 bits per heavy atom. The van der Waals surface area contributed by atoms with E-state index in [-0.39, 0.29) is 24.0 Å². The minimum absolute atomic E-state index is 0.0720. The molecule has 0 amide bonds. The lowest BCUT2D eigenvalue weighted by Crippen LogP contribution is -2.37. The van der Waals surface area contributed by atoms with Crippen molar-refractivity contribution in [2.75, 3.05) is 14.2 Å². The van der Waals surface area contributed by atoms with Gasteiger partial charge in [0.05, 0.1) is 14.2 Å². The number of benzene rings is 2. The number of hydrogen-bond donors (Lipinski definition) is 0. The monoisotopic (exact) mass is 351 g/mol. The molecule has 136 valence electrons. The van der Waals surface area contributed by atoms with Crippen LogP contribution in [0, 0.1) is 5.92 Å².